The lowest BCUT2D eigenvalue weighted by Crippen LogP contribution is -2.39. The highest BCUT2D eigenvalue weighted by molar-refractivity contribution is 7.91. The molecule has 1 aliphatic heterocycles. The number of rotatable bonds is 5. The van der Waals surface area contributed by atoms with Gasteiger partial charge in [0.05, 0.1) is 11.0 Å². The Balaban J connectivity index is 0.00000208. The van der Waals surface area contributed by atoms with E-state index in [1.807, 2.05) is 48.5 Å². The van der Waals surface area contributed by atoms with E-state index in [1.165, 1.54) is 5.56 Å². The van der Waals surface area contributed by atoms with Crippen LogP contribution in [0.1, 0.15) is 24.0 Å². The molecule has 0 N–H and O–H groups in total. The van der Waals surface area contributed by atoms with Gasteiger partial charge in [-0.2, -0.15) is 0 Å². The zero-order valence-corrected chi connectivity index (χ0v) is 15.3. The molecule has 5 heteroatoms. The van der Waals surface area contributed by atoms with Crippen molar-refractivity contribution >= 4 is 22.2 Å². The van der Waals surface area contributed by atoms with Crippen LogP contribution in [0.3, 0.4) is 0 Å². The highest BCUT2D eigenvalue weighted by Gasteiger charge is 2.29. The van der Waals surface area contributed by atoms with Gasteiger partial charge in [0.15, 0.2) is 9.84 Å². The number of hydrogen-bond donors (Lipinski definition) is 0. The van der Waals surface area contributed by atoms with E-state index >= 15 is 0 Å². The molecule has 0 aromatic heterocycles. The average molecular weight is 366 g/mol. The van der Waals surface area contributed by atoms with E-state index in [4.69, 9.17) is 0 Å². The molecule has 0 bridgehead atoms. The predicted molar refractivity (Wildman–Crippen MR) is 101 cm³/mol. The number of piperidine rings is 1. The third kappa shape index (κ3) is 5.07. The molecule has 0 unspecified atom stereocenters. The summed E-state index contributed by atoms with van der Waals surface area (Å²) in [6.45, 7) is 2.62. The van der Waals surface area contributed by atoms with Crippen LogP contribution < -0.4 is 0 Å². The van der Waals surface area contributed by atoms with E-state index < -0.39 is 9.84 Å². The molecule has 1 saturated heterocycles. The monoisotopic (exact) mass is 365 g/mol. The van der Waals surface area contributed by atoms with Gasteiger partial charge in [0.2, 0.25) is 0 Å². The molecule has 0 spiro atoms. The fourth-order valence-electron chi connectivity index (χ4n) is 3.19. The van der Waals surface area contributed by atoms with Crippen LogP contribution in [-0.4, -0.2) is 31.7 Å². The highest BCUT2D eigenvalue weighted by atomic mass is 35.5. The molecule has 1 aliphatic rings. The summed E-state index contributed by atoms with van der Waals surface area (Å²) >= 11 is 0. The topological polar surface area (TPSA) is 37.4 Å². The second-order valence-corrected chi connectivity index (χ2v) is 8.53. The number of hydrogen-bond acceptors (Lipinski definition) is 3. The van der Waals surface area contributed by atoms with Gasteiger partial charge in [0, 0.05) is 6.54 Å². The maximum Gasteiger partial charge on any atom is 0.157 e. The van der Waals surface area contributed by atoms with E-state index in [0.717, 1.165) is 38.0 Å². The largest absolute Gasteiger partial charge is 0.299 e. The highest BCUT2D eigenvalue weighted by Crippen LogP contribution is 2.22. The van der Waals surface area contributed by atoms with Crippen LogP contribution in [0.25, 0.3) is 0 Å². The van der Waals surface area contributed by atoms with Crippen molar-refractivity contribution in [1.29, 1.82) is 0 Å². The van der Waals surface area contributed by atoms with Gasteiger partial charge < -0.3 is 0 Å². The summed E-state index contributed by atoms with van der Waals surface area (Å²) in [6.07, 6.45) is 1.48. The van der Waals surface area contributed by atoms with Gasteiger partial charge in [-0.25, -0.2) is 8.42 Å². The van der Waals surface area contributed by atoms with E-state index in [9.17, 15) is 8.42 Å². The minimum atomic E-state index is -3.06. The van der Waals surface area contributed by atoms with Crippen LogP contribution in [0.2, 0.25) is 0 Å². The zero-order valence-electron chi connectivity index (χ0n) is 13.7. The number of halogens is 1. The van der Waals surface area contributed by atoms with Crippen molar-refractivity contribution in [1.82, 2.24) is 4.90 Å². The SMILES string of the molecule is Cl.O=S(=O)(Cc1ccccc1)C1CCN(Cc2ccccc2)CC1. The molecular formula is C19H24ClNO2S. The van der Waals surface area contributed by atoms with Crippen molar-refractivity contribution in [3.05, 3.63) is 71.8 Å². The molecule has 0 radical (unpaired) electrons. The van der Waals surface area contributed by atoms with Gasteiger partial charge in [-0.1, -0.05) is 60.7 Å². The first kappa shape index (κ1) is 19.0. The molecule has 1 fully saturated rings. The van der Waals surface area contributed by atoms with Crippen LogP contribution >= 0.6 is 12.4 Å². The van der Waals surface area contributed by atoms with Crippen molar-refractivity contribution in [2.45, 2.75) is 30.4 Å². The molecule has 1 heterocycles. The molecule has 24 heavy (non-hydrogen) atoms. The average Bonchev–Trinajstić information content (AvgIpc) is 2.57. The number of sulfone groups is 1. The molecule has 0 atom stereocenters. The Labute approximate surface area is 151 Å². The Kier molecular flexibility index (Phi) is 6.84. The van der Waals surface area contributed by atoms with Crippen LogP contribution in [-0.2, 0) is 22.1 Å². The molecule has 3 nitrogen and oxygen atoms in total. The second kappa shape index (κ2) is 8.65. The first-order chi connectivity index (χ1) is 11.1. The molecule has 130 valence electrons. The van der Waals surface area contributed by atoms with E-state index in [-0.39, 0.29) is 23.4 Å². The molecule has 3 rings (SSSR count). The van der Waals surface area contributed by atoms with Crippen molar-refractivity contribution in [3.63, 3.8) is 0 Å². The lowest BCUT2D eigenvalue weighted by Gasteiger charge is -2.31. The summed E-state index contributed by atoms with van der Waals surface area (Å²) in [5.41, 5.74) is 2.18. The van der Waals surface area contributed by atoms with Crippen LogP contribution in [0.15, 0.2) is 60.7 Å². The van der Waals surface area contributed by atoms with Crippen LogP contribution in [0, 0.1) is 0 Å². The minimum absolute atomic E-state index is 0. The third-order valence-electron chi connectivity index (χ3n) is 4.50. The molecule has 0 amide bonds. The van der Waals surface area contributed by atoms with Gasteiger partial charge in [0.1, 0.15) is 0 Å². The van der Waals surface area contributed by atoms with Gasteiger partial charge in [0.25, 0.3) is 0 Å². The second-order valence-electron chi connectivity index (χ2n) is 6.25. The van der Waals surface area contributed by atoms with Gasteiger partial charge in [-0.15, -0.1) is 12.4 Å². The van der Waals surface area contributed by atoms with Gasteiger partial charge >= 0.3 is 0 Å². The summed E-state index contributed by atoms with van der Waals surface area (Å²) in [4.78, 5) is 2.35. The molecule has 2 aromatic rings. The lowest BCUT2D eigenvalue weighted by atomic mass is 10.1. The number of likely N-dealkylation sites (tertiary alicyclic amines) is 1. The molecule has 2 aromatic carbocycles. The van der Waals surface area contributed by atoms with E-state index in [1.54, 1.807) is 0 Å². The standard InChI is InChI=1S/C19H23NO2S.ClH/c21-23(22,16-18-9-5-2-6-10-18)19-11-13-20(14-12-19)15-17-7-3-1-4-8-17;/h1-10,19H,11-16H2;1H. The van der Waals surface area contributed by atoms with Crippen molar-refractivity contribution in [3.8, 4) is 0 Å². The quantitative estimate of drug-likeness (QED) is 0.811. The maximum absolute atomic E-state index is 12.6. The van der Waals surface area contributed by atoms with Crippen molar-refractivity contribution < 1.29 is 8.42 Å². The zero-order chi connectivity index (χ0) is 16.1. The maximum atomic E-state index is 12.6. The first-order valence-corrected chi connectivity index (χ1v) is 9.87. The van der Waals surface area contributed by atoms with Crippen molar-refractivity contribution in [2.24, 2.45) is 0 Å². The van der Waals surface area contributed by atoms with Gasteiger partial charge in [-0.05, 0) is 37.1 Å². The Morgan fingerprint density at radius 3 is 1.88 bits per heavy atom. The van der Waals surface area contributed by atoms with Crippen LogP contribution in [0.5, 0.6) is 0 Å². The number of benzene rings is 2. The predicted octanol–water partition coefficient (Wildman–Crippen LogP) is 3.69. The Bertz CT molecular complexity index is 712. The fraction of sp³-hybridized carbons (Fsp3) is 0.368. The number of nitrogens with zero attached hydrogens (tertiary/aromatic N) is 1. The normalized spacial score (nSPS) is 16.5. The van der Waals surface area contributed by atoms with Crippen LogP contribution in [0.4, 0.5) is 0 Å². The Morgan fingerprint density at radius 2 is 1.33 bits per heavy atom. The summed E-state index contributed by atoms with van der Waals surface area (Å²) in [7, 11) is -3.06. The smallest absolute Gasteiger partial charge is 0.157 e. The van der Waals surface area contributed by atoms with E-state index in [0.29, 0.717) is 0 Å². The summed E-state index contributed by atoms with van der Waals surface area (Å²) in [5, 5.41) is -0.199. The lowest BCUT2D eigenvalue weighted by molar-refractivity contribution is 0.222. The molecule has 0 saturated carbocycles. The summed E-state index contributed by atoms with van der Waals surface area (Å²) in [6, 6.07) is 19.9. The third-order valence-corrected chi connectivity index (χ3v) is 6.72. The van der Waals surface area contributed by atoms with Crippen molar-refractivity contribution in [2.75, 3.05) is 13.1 Å². The minimum Gasteiger partial charge on any atom is -0.299 e. The molecular weight excluding hydrogens is 342 g/mol. The summed E-state index contributed by atoms with van der Waals surface area (Å²) < 4.78 is 25.2. The van der Waals surface area contributed by atoms with Gasteiger partial charge in [-0.3, -0.25) is 4.90 Å². The van der Waals surface area contributed by atoms with E-state index in [2.05, 4.69) is 17.0 Å². The molecule has 0 aliphatic carbocycles. The first-order valence-electron chi connectivity index (χ1n) is 8.15. The summed E-state index contributed by atoms with van der Waals surface area (Å²) in [5.74, 6) is 0.164. The fourth-order valence-corrected chi connectivity index (χ4v) is 5.01. The Hall–Kier alpha value is -1.36. The Morgan fingerprint density at radius 1 is 0.833 bits per heavy atom.